The zero-order valence-electron chi connectivity index (χ0n) is 33.3. The predicted molar refractivity (Wildman–Crippen MR) is 235 cm³/mol. The number of sulfonamides is 1. The summed E-state index contributed by atoms with van der Waals surface area (Å²) in [4.78, 5) is 26.0. The minimum Gasteiger partial charge on any atom is -0.477 e. The Labute approximate surface area is 359 Å². The number of hydrogen-bond acceptors (Lipinski definition) is 9. The third-order valence-electron chi connectivity index (χ3n) is 11.6. The molecule has 1 amide bonds. The maximum Gasteiger partial charge on any atom is 0.268 e. The van der Waals surface area contributed by atoms with Crippen molar-refractivity contribution >= 4 is 65.6 Å². The van der Waals surface area contributed by atoms with Crippen LogP contribution in [0.2, 0.25) is 5.02 Å². The van der Waals surface area contributed by atoms with E-state index in [1.165, 1.54) is 29.0 Å². The van der Waals surface area contributed by atoms with Crippen LogP contribution in [0.3, 0.4) is 0 Å². The van der Waals surface area contributed by atoms with Gasteiger partial charge in [-0.1, -0.05) is 49.2 Å². The van der Waals surface area contributed by atoms with E-state index in [1.54, 1.807) is 6.07 Å². The van der Waals surface area contributed by atoms with Crippen molar-refractivity contribution in [1.29, 1.82) is 0 Å². The van der Waals surface area contributed by atoms with Gasteiger partial charge in [0.05, 0.1) is 22.8 Å². The SMILES string of the molecule is CC1(C)CCC(CN2CCN(c3ccc(C(=O)NS(=O)(=O)c4cnc(OCC5CCOCC5)c(Br)c4)c(Oc4cccc5[nH]ccc45)c3)CC2)=C(c2ccc(Cl)cc2)C1. The molecule has 4 heterocycles. The summed E-state index contributed by atoms with van der Waals surface area (Å²) < 4.78 is 47.7. The third kappa shape index (κ3) is 9.81. The number of hydrogen-bond donors (Lipinski definition) is 2. The molecule has 1 aliphatic carbocycles. The van der Waals surface area contributed by atoms with Crippen molar-refractivity contribution in [3.05, 3.63) is 111 Å². The molecule has 11 nitrogen and oxygen atoms in total. The molecule has 2 fully saturated rings. The highest BCUT2D eigenvalue weighted by atomic mass is 79.9. The molecule has 2 aliphatic heterocycles. The van der Waals surface area contributed by atoms with Gasteiger partial charge in [-0.15, -0.1) is 0 Å². The van der Waals surface area contributed by atoms with Crippen LogP contribution in [0, 0.1) is 11.3 Å². The fourth-order valence-corrected chi connectivity index (χ4v) is 9.83. The normalized spacial score (nSPS) is 17.9. The van der Waals surface area contributed by atoms with Gasteiger partial charge in [0.1, 0.15) is 16.4 Å². The van der Waals surface area contributed by atoms with E-state index < -0.39 is 15.9 Å². The Balaban J connectivity index is 0.993. The maximum absolute atomic E-state index is 13.9. The number of carbonyl (C=O) groups is 1. The number of aromatic nitrogens is 2. The lowest BCUT2D eigenvalue weighted by Crippen LogP contribution is -2.47. The first-order valence-electron chi connectivity index (χ1n) is 20.2. The number of pyridine rings is 1. The summed E-state index contributed by atoms with van der Waals surface area (Å²) in [6.07, 6.45) is 8.07. The number of benzene rings is 3. The molecule has 0 spiro atoms. The van der Waals surface area contributed by atoms with Crippen LogP contribution < -0.4 is 19.1 Å². The minimum absolute atomic E-state index is 0.0776. The molecule has 3 aromatic carbocycles. The average molecular weight is 903 g/mol. The number of piperazine rings is 1. The molecule has 14 heteroatoms. The Kier molecular flexibility index (Phi) is 12.4. The standard InChI is InChI=1S/C45H49BrClN5O6S/c1-45(2)16-12-32(38(26-45)31-6-8-33(47)9-7-31)28-51-18-20-52(21-19-51)34-10-11-37(42(24-34)58-41-5-3-4-40-36(41)13-17-48-40)43(53)50-59(54,55)35-25-39(46)44(49-27-35)57-29-30-14-22-56-23-15-30/h3-11,13,17,24-25,27,30,48H,12,14-16,18-23,26,28-29H2,1-2H3,(H,50,53). The zero-order valence-corrected chi connectivity index (χ0v) is 36.5. The second-order valence-corrected chi connectivity index (χ2v) is 19.4. The van der Waals surface area contributed by atoms with E-state index >= 15 is 0 Å². The van der Waals surface area contributed by atoms with Gasteiger partial charge in [-0.05, 0) is 119 Å². The molecule has 2 aromatic heterocycles. The number of fused-ring (bicyclic) bond motifs is 1. The summed E-state index contributed by atoms with van der Waals surface area (Å²) in [6.45, 7) is 10.7. The Morgan fingerprint density at radius 1 is 1.02 bits per heavy atom. The van der Waals surface area contributed by atoms with Gasteiger partial charge in [0, 0.05) is 79.8 Å². The quantitative estimate of drug-likeness (QED) is 0.126. The highest BCUT2D eigenvalue weighted by Crippen LogP contribution is 2.43. The van der Waals surface area contributed by atoms with E-state index in [2.05, 4.69) is 66.4 Å². The molecule has 8 rings (SSSR count). The fourth-order valence-electron chi connectivity index (χ4n) is 8.15. The van der Waals surface area contributed by atoms with Crippen LogP contribution in [0.15, 0.2) is 100 Å². The molecule has 59 heavy (non-hydrogen) atoms. The van der Waals surface area contributed by atoms with Gasteiger partial charge in [0.25, 0.3) is 15.9 Å². The van der Waals surface area contributed by atoms with E-state index in [0.717, 1.165) is 86.4 Å². The molecule has 0 saturated carbocycles. The van der Waals surface area contributed by atoms with Crippen LogP contribution in [-0.4, -0.2) is 81.7 Å². The Bertz CT molecular complexity index is 2460. The lowest BCUT2D eigenvalue weighted by atomic mass is 9.72. The zero-order chi connectivity index (χ0) is 41.1. The summed E-state index contributed by atoms with van der Waals surface area (Å²) in [5, 5.41) is 1.58. The number of nitrogens with zero attached hydrogens (tertiary/aromatic N) is 3. The number of anilines is 1. The Morgan fingerprint density at radius 3 is 2.56 bits per heavy atom. The van der Waals surface area contributed by atoms with Crippen molar-refractivity contribution in [3.8, 4) is 17.4 Å². The van der Waals surface area contributed by atoms with Crippen molar-refractivity contribution in [2.75, 3.05) is 57.4 Å². The number of allylic oxidation sites excluding steroid dienone is 1. The molecule has 0 radical (unpaired) electrons. The van der Waals surface area contributed by atoms with E-state index in [0.29, 0.717) is 36.0 Å². The maximum atomic E-state index is 13.9. The summed E-state index contributed by atoms with van der Waals surface area (Å²) in [5.74, 6) is 0.570. The smallest absolute Gasteiger partial charge is 0.268 e. The number of carbonyl (C=O) groups excluding carboxylic acids is 1. The van der Waals surface area contributed by atoms with Crippen molar-refractivity contribution in [2.45, 2.75) is 50.8 Å². The topological polar surface area (TPSA) is 126 Å². The minimum atomic E-state index is -4.33. The van der Waals surface area contributed by atoms with Crippen molar-refractivity contribution in [3.63, 3.8) is 0 Å². The molecular formula is C45H49BrClN5O6S. The lowest BCUT2D eigenvalue weighted by molar-refractivity contribution is 0.0489. The monoisotopic (exact) mass is 901 g/mol. The van der Waals surface area contributed by atoms with Crippen LogP contribution in [0.4, 0.5) is 5.69 Å². The third-order valence-corrected chi connectivity index (χ3v) is 13.7. The molecule has 2 N–H and O–H groups in total. The van der Waals surface area contributed by atoms with Gasteiger partial charge in [0.2, 0.25) is 5.88 Å². The van der Waals surface area contributed by atoms with E-state index in [4.69, 9.17) is 25.8 Å². The molecule has 0 atom stereocenters. The first kappa shape index (κ1) is 41.3. The number of halogens is 2. The molecule has 5 aromatic rings. The Morgan fingerprint density at radius 2 is 1.80 bits per heavy atom. The van der Waals surface area contributed by atoms with Crippen molar-refractivity contribution in [2.24, 2.45) is 11.3 Å². The van der Waals surface area contributed by atoms with Crippen molar-refractivity contribution < 1.29 is 27.4 Å². The number of ether oxygens (including phenoxy) is 3. The first-order valence-corrected chi connectivity index (χ1v) is 22.8. The predicted octanol–water partition coefficient (Wildman–Crippen LogP) is 9.48. The highest BCUT2D eigenvalue weighted by molar-refractivity contribution is 9.10. The fraction of sp³-hybridized carbons (Fsp3) is 0.378. The van der Waals surface area contributed by atoms with E-state index in [9.17, 15) is 13.2 Å². The molecule has 0 unspecified atom stereocenters. The molecule has 3 aliphatic rings. The van der Waals surface area contributed by atoms with Gasteiger partial charge in [-0.25, -0.2) is 18.1 Å². The van der Waals surface area contributed by atoms with Crippen LogP contribution in [0.5, 0.6) is 17.4 Å². The Hall–Kier alpha value is -4.40. The molecule has 0 bridgehead atoms. The largest absolute Gasteiger partial charge is 0.477 e. The first-order chi connectivity index (χ1) is 28.4. The van der Waals surface area contributed by atoms with Crippen LogP contribution >= 0.6 is 27.5 Å². The number of amides is 1. The second-order valence-electron chi connectivity index (χ2n) is 16.4. The summed E-state index contributed by atoms with van der Waals surface area (Å²) in [7, 11) is -4.33. The lowest BCUT2D eigenvalue weighted by Gasteiger charge is -2.39. The average Bonchev–Trinajstić information content (AvgIpc) is 3.72. The molecule has 2 saturated heterocycles. The number of nitrogens with one attached hydrogen (secondary N) is 2. The highest BCUT2D eigenvalue weighted by Gasteiger charge is 2.30. The number of aromatic amines is 1. The van der Waals surface area contributed by atoms with Crippen LogP contribution in [0.1, 0.15) is 61.9 Å². The number of rotatable bonds is 12. The molecular weight excluding hydrogens is 854 g/mol. The van der Waals surface area contributed by atoms with Gasteiger partial charge >= 0.3 is 0 Å². The summed E-state index contributed by atoms with van der Waals surface area (Å²) >= 11 is 9.66. The van der Waals surface area contributed by atoms with Crippen molar-refractivity contribution in [1.82, 2.24) is 19.6 Å². The van der Waals surface area contributed by atoms with Crippen LogP contribution in [-0.2, 0) is 14.8 Å². The number of H-pyrrole nitrogens is 1. The van der Waals surface area contributed by atoms with Gasteiger partial charge in [0.15, 0.2) is 0 Å². The summed E-state index contributed by atoms with van der Waals surface area (Å²) in [5.41, 5.74) is 6.27. The molecule has 310 valence electrons. The van der Waals surface area contributed by atoms with Gasteiger partial charge in [-0.2, -0.15) is 0 Å². The second kappa shape index (κ2) is 17.7. The van der Waals surface area contributed by atoms with Gasteiger partial charge in [-0.3, -0.25) is 9.69 Å². The van der Waals surface area contributed by atoms with E-state index in [-0.39, 0.29) is 27.5 Å². The van der Waals surface area contributed by atoms with Gasteiger partial charge < -0.3 is 24.1 Å². The summed E-state index contributed by atoms with van der Waals surface area (Å²) in [6, 6.07) is 22.5. The van der Waals surface area contributed by atoms with Crippen LogP contribution in [0.25, 0.3) is 16.5 Å². The van der Waals surface area contributed by atoms with E-state index in [1.807, 2.05) is 54.7 Å².